The molecule has 3 nitrogen and oxygen atoms in total. The van der Waals surface area contributed by atoms with Crippen LogP contribution in [-0.2, 0) is 4.74 Å². The van der Waals surface area contributed by atoms with Gasteiger partial charge in [-0.2, -0.15) is 0 Å². The number of ether oxygens (including phenoxy) is 1. The van der Waals surface area contributed by atoms with Gasteiger partial charge in [0.1, 0.15) is 0 Å². The van der Waals surface area contributed by atoms with E-state index in [-0.39, 0.29) is 0 Å². The summed E-state index contributed by atoms with van der Waals surface area (Å²) in [6.45, 7) is 9.91. The van der Waals surface area contributed by atoms with Crippen LogP contribution in [0, 0.1) is 0 Å². The normalized spacial score (nSPS) is 22.6. The minimum absolute atomic E-state index is 0.468. The van der Waals surface area contributed by atoms with Crippen LogP contribution in [0.4, 0.5) is 0 Å². The lowest BCUT2D eigenvalue weighted by Crippen LogP contribution is -2.44. The fraction of sp³-hybridized carbons (Fsp3) is 1.00. The van der Waals surface area contributed by atoms with Crippen molar-refractivity contribution in [1.29, 1.82) is 0 Å². The number of rotatable bonds is 8. The van der Waals surface area contributed by atoms with Gasteiger partial charge in [0.05, 0.1) is 6.10 Å². The molecule has 0 amide bonds. The Bertz CT molecular complexity index is 189. The van der Waals surface area contributed by atoms with Crippen LogP contribution in [0.5, 0.6) is 0 Å². The van der Waals surface area contributed by atoms with Gasteiger partial charge in [0.25, 0.3) is 0 Å². The molecule has 0 aromatic heterocycles. The van der Waals surface area contributed by atoms with E-state index in [1.54, 1.807) is 0 Å². The highest BCUT2D eigenvalue weighted by atomic mass is 16.5. The molecule has 0 aromatic rings. The standard InChI is InChI=1S/C14H30N2O/c1-5-13(6-2)15-10-12(3)16(4)11-14-8-7-9-17-14/h12-15H,5-11H2,1-4H3. The number of nitrogens with one attached hydrogen (secondary N) is 1. The van der Waals surface area contributed by atoms with Crippen molar-refractivity contribution in [2.75, 3.05) is 26.7 Å². The molecule has 3 heteroatoms. The molecule has 1 heterocycles. The van der Waals surface area contributed by atoms with Gasteiger partial charge in [0.2, 0.25) is 0 Å². The van der Waals surface area contributed by atoms with E-state index in [9.17, 15) is 0 Å². The van der Waals surface area contributed by atoms with Gasteiger partial charge in [0, 0.05) is 31.8 Å². The Hall–Kier alpha value is -0.120. The second kappa shape index (κ2) is 8.06. The lowest BCUT2D eigenvalue weighted by Gasteiger charge is -2.28. The smallest absolute Gasteiger partial charge is 0.0702 e. The minimum Gasteiger partial charge on any atom is -0.377 e. The molecule has 17 heavy (non-hydrogen) atoms. The maximum absolute atomic E-state index is 5.68. The topological polar surface area (TPSA) is 24.5 Å². The molecular weight excluding hydrogens is 212 g/mol. The molecule has 2 unspecified atom stereocenters. The summed E-state index contributed by atoms with van der Waals surface area (Å²) >= 11 is 0. The van der Waals surface area contributed by atoms with E-state index >= 15 is 0 Å². The van der Waals surface area contributed by atoms with Crippen LogP contribution >= 0.6 is 0 Å². The van der Waals surface area contributed by atoms with Crippen molar-refractivity contribution < 1.29 is 4.74 Å². The SMILES string of the molecule is CCC(CC)NCC(C)N(C)CC1CCCO1. The maximum Gasteiger partial charge on any atom is 0.0702 e. The van der Waals surface area contributed by atoms with Crippen molar-refractivity contribution in [3.63, 3.8) is 0 Å². The molecule has 0 radical (unpaired) electrons. The van der Waals surface area contributed by atoms with Crippen LogP contribution in [-0.4, -0.2) is 49.8 Å². The molecule has 0 aromatic carbocycles. The van der Waals surface area contributed by atoms with Crippen molar-refractivity contribution in [1.82, 2.24) is 10.2 Å². The van der Waals surface area contributed by atoms with Gasteiger partial charge in [-0.25, -0.2) is 0 Å². The Morgan fingerprint density at radius 2 is 2.06 bits per heavy atom. The third-order valence-electron chi connectivity index (χ3n) is 3.96. The Labute approximate surface area is 107 Å². The van der Waals surface area contributed by atoms with Crippen LogP contribution in [0.1, 0.15) is 46.5 Å². The van der Waals surface area contributed by atoms with Gasteiger partial charge < -0.3 is 10.1 Å². The van der Waals surface area contributed by atoms with Crippen LogP contribution in [0.3, 0.4) is 0 Å². The summed E-state index contributed by atoms with van der Waals surface area (Å²) in [6, 6.07) is 1.26. The zero-order chi connectivity index (χ0) is 12.7. The van der Waals surface area contributed by atoms with E-state index in [2.05, 4.69) is 38.0 Å². The third-order valence-corrected chi connectivity index (χ3v) is 3.96. The van der Waals surface area contributed by atoms with E-state index in [1.165, 1.54) is 25.7 Å². The summed E-state index contributed by atoms with van der Waals surface area (Å²) in [7, 11) is 2.21. The second-order valence-corrected chi connectivity index (χ2v) is 5.35. The molecule has 0 spiro atoms. The minimum atomic E-state index is 0.468. The number of hydrogen-bond donors (Lipinski definition) is 1. The summed E-state index contributed by atoms with van der Waals surface area (Å²) in [5.74, 6) is 0. The average molecular weight is 242 g/mol. The van der Waals surface area contributed by atoms with Crippen LogP contribution in [0.15, 0.2) is 0 Å². The molecule has 0 saturated carbocycles. The summed E-state index contributed by atoms with van der Waals surface area (Å²) in [5, 5.41) is 3.64. The Kier molecular flexibility index (Phi) is 7.09. The van der Waals surface area contributed by atoms with E-state index in [0.29, 0.717) is 18.2 Å². The van der Waals surface area contributed by atoms with E-state index < -0.39 is 0 Å². The van der Waals surface area contributed by atoms with E-state index in [4.69, 9.17) is 4.74 Å². The van der Waals surface area contributed by atoms with Crippen molar-refractivity contribution in [3.8, 4) is 0 Å². The Balaban J connectivity index is 2.18. The second-order valence-electron chi connectivity index (χ2n) is 5.35. The monoisotopic (exact) mass is 242 g/mol. The first kappa shape index (κ1) is 14.9. The summed E-state index contributed by atoms with van der Waals surface area (Å²) in [6.07, 6.45) is 5.38. The summed E-state index contributed by atoms with van der Waals surface area (Å²) in [4.78, 5) is 2.42. The molecule has 1 aliphatic heterocycles. The zero-order valence-electron chi connectivity index (χ0n) is 12.0. The molecular formula is C14H30N2O. The maximum atomic E-state index is 5.68. The van der Waals surface area contributed by atoms with Crippen LogP contribution < -0.4 is 5.32 Å². The van der Waals surface area contributed by atoms with Crippen LogP contribution in [0.2, 0.25) is 0 Å². The fourth-order valence-electron chi connectivity index (χ4n) is 2.36. The molecule has 0 bridgehead atoms. The summed E-state index contributed by atoms with van der Waals surface area (Å²) < 4.78 is 5.68. The van der Waals surface area contributed by atoms with Gasteiger partial charge in [-0.1, -0.05) is 13.8 Å². The fourth-order valence-corrected chi connectivity index (χ4v) is 2.36. The number of hydrogen-bond acceptors (Lipinski definition) is 3. The van der Waals surface area contributed by atoms with Gasteiger partial charge in [-0.05, 0) is 39.7 Å². The quantitative estimate of drug-likeness (QED) is 0.706. The molecule has 1 fully saturated rings. The average Bonchev–Trinajstić information content (AvgIpc) is 2.82. The molecule has 1 N–H and O–H groups in total. The van der Waals surface area contributed by atoms with Gasteiger partial charge in [0.15, 0.2) is 0 Å². The lowest BCUT2D eigenvalue weighted by atomic mass is 10.1. The predicted molar refractivity (Wildman–Crippen MR) is 73.4 cm³/mol. The lowest BCUT2D eigenvalue weighted by molar-refractivity contribution is 0.0699. The Morgan fingerprint density at radius 1 is 1.35 bits per heavy atom. The highest BCUT2D eigenvalue weighted by Crippen LogP contribution is 2.13. The number of likely N-dealkylation sites (N-methyl/N-ethyl adjacent to an activating group) is 1. The molecule has 2 atom stereocenters. The molecule has 1 rings (SSSR count). The molecule has 1 saturated heterocycles. The largest absolute Gasteiger partial charge is 0.377 e. The molecule has 0 aliphatic carbocycles. The highest BCUT2D eigenvalue weighted by molar-refractivity contribution is 4.75. The number of nitrogens with zero attached hydrogens (tertiary/aromatic N) is 1. The zero-order valence-corrected chi connectivity index (χ0v) is 12.0. The summed E-state index contributed by atoms with van der Waals surface area (Å²) in [5.41, 5.74) is 0. The molecule has 1 aliphatic rings. The first-order chi connectivity index (χ1) is 8.17. The van der Waals surface area contributed by atoms with Crippen molar-refractivity contribution in [2.24, 2.45) is 0 Å². The van der Waals surface area contributed by atoms with Gasteiger partial charge in [-0.3, -0.25) is 4.90 Å². The van der Waals surface area contributed by atoms with E-state index in [0.717, 1.165) is 19.7 Å². The van der Waals surface area contributed by atoms with Gasteiger partial charge in [-0.15, -0.1) is 0 Å². The first-order valence-electron chi connectivity index (χ1n) is 7.22. The Morgan fingerprint density at radius 3 is 2.59 bits per heavy atom. The van der Waals surface area contributed by atoms with Crippen molar-refractivity contribution >= 4 is 0 Å². The highest BCUT2D eigenvalue weighted by Gasteiger charge is 2.20. The van der Waals surface area contributed by atoms with Crippen LogP contribution in [0.25, 0.3) is 0 Å². The van der Waals surface area contributed by atoms with Gasteiger partial charge >= 0.3 is 0 Å². The third kappa shape index (κ3) is 5.36. The first-order valence-corrected chi connectivity index (χ1v) is 7.22. The van der Waals surface area contributed by atoms with E-state index in [1.807, 2.05) is 0 Å². The molecule has 102 valence electrons. The van der Waals surface area contributed by atoms with Crippen molar-refractivity contribution in [2.45, 2.75) is 64.6 Å². The predicted octanol–water partition coefficient (Wildman–Crippen LogP) is 2.26. The van der Waals surface area contributed by atoms with Crippen molar-refractivity contribution in [3.05, 3.63) is 0 Å².